The first kappa shape index (κ1) is 29.9. The topological polar surface area (TPSA) is 131 Å². The Balaban J connectivity index is 1.37. The second-order valence-corrected chi connectivity index (χ2v) is 13.1. The van der Waals surface area contributed by atoms with Crippen molar-refractivity contribution in [2.75, 3.05) is 41.3 Å². The molecule has 44 heavy (non-hydrogen) atoms. The van der Waals surface area contributed by atoms with Crippen molar-refractivity contribution in [3.8, 4) is 28.7 Å². The number of sulfonamides is 1. The van der Waals surface area contributed by atoms with Crippen LogP contribution in [0.3, 0.4) is 0 Å². The highest BCUT2D eigenvalue weighted by molar-refractivity contribution is 7.90. The van der Waals surface area contributed by atoms with E-state index >= 15 is 0 Å². The van der Waals surface area contributed by atoms with Gasteiger partial charge in [-0.05, 0) is 64.6 Å². The first-order valence-corrected chi connectivity index (χ1v) is 15.9. The number of hydrogen-bond acceptors (Lipinski definition) is 9. The number of carbonyl (C=O) groups excluding carboxylic acids is 1. The van der Waals surface area contributed by atoms with Gasteiger partial charge in [0.25, 0.3) is 10.0 Å². The predicted molar refractivity (Wildman–Crippen MR) is 160 cm³/mol. The van der Waals surface area contributed by atoms with Gasteiger partial charge in [0.2, 0.25) is 12.5 Å². The van der Waals surface area contributed by atoms with Crippen LogP contribution < -0.4 is 33.7 Å². The van der Waals surface area contributed by atoms with Crippen molar-refractivity contribution in [1.29, 1.82) is 0 Å². The smallest absolute Gasteiger partial charge is 0.329 e. The maximum Gasteiger partial charge on any atom is 0.329 e. The van der Waals surface area contributed by atoms with E-state index in [1.165, 1.54) is 12.1 Å². The predicted octanol–water partition coefficient (Wildman–Crippen LogP) is 4.70. The molecule has 3 aliphatic rings. The van der Waals surface area contributed by atoms with Crippen LogP contribution in [-0.4, -0.2) is 55.8 Å². The Bertz CT molecular complexity index is 1650. The van der Waals surface area contributed by atoms with Crippen molar-refractivity contribution >= 4 is 16.1 Å². The van der Waals surface area contributed by atoms with Gasteiger partial charge < -0.3 is 33.7 Å². The van der Waals surface area contributed by atoms with Crippen molar-refractivity contribution in [3.05, 3.63) is 70.8 Å². The summed E-state index contributed by atoms with van der Waals surface area (Å²) in [7, 11) is 0.580. The van der Waals surface area contributed by atoms with Gasteiger partial charge in [-0.3, -0.25) is 0 Å². The average molecular weight is 625 g/mol. The van der Waals surface area contributed by atoms with Crippen molar-refractivity contribution in [2.45, 2.75) is 36.6 Å². The number of benzene rings is 3. The third-order valence-corrected chi connectivity index (χ3v) is 10.0. The maximum atomic E-state index is 13.4. The standard InChI is InChI=1S/C32H36N2O9S/c1-17(2)18-6-8-20(9-7-18)44(36,37)34-32(35)33-30-22-13-26-25(42-16-43-26)12-21(22)29(23-14-41-15-24(23)30)19-10-27(38-3)31(40-5)28(11-19)39-4/h6-13,17,23-24,29-30H,14-16H2,1-5H3,(H2,33,34,35)/t23-,24-,29+,30+/m0/s1. The molecule has 0 bridgehead atoms. The van der Waals surface area contributed by atoms with E-state index < -0.39 is 22.1 Å². The van der Waals surface area contributed by atoms with E-state index in [1.807, 2.05) is 38.1 Å². The van der Waals surface area contributed by atoms with Gasteiger partial charge >= 0.3 is 6.03 Å². The number of carbonyl (C=O) groups is 1. The van der Waals surface area contributed by atoms with Gasteiger partial charge in [0.1, 0.15) is 0 Å². The van der Waals surface area contributed by atoms with E-state index in [-0.39, 0.29) is 35.4 Å². The second kappa shape index (κ2) is 11.7. The summed E-state index contributed by atoms with van der Waals surface area (Å²) < 4.78 is 62.8. The number of methoxy groups -OCH3 is 3. The van der Waals surface area contributed by atoms with Gasteiger partial charge in [-0.15, -0.1) is 0 Å². The monoisotopic (exact) mass is 624 g/mol. The zero-order valence-electron chi connectivity index (χ0n) is 25.2. The number of fused-ring (bicyclic) bond motifs is 3. The minimum Gasteiger partial charge on any atom is -0.493 e. The molecule has 2 aliphatic heterocycles. The summed E-state index contributed by atoms with van der Waals surface area (Å²) in [6.45, 7) is 4.93. The second-order valence-electron chi connectivity index (χ2n) is 11.4. The molecule has 1 aliphatic carbocycles. The number of nitrogens with one attached hydrogen (secondary N) is 2. The molecule has 4 atom stereocenters. The van der Waals surface area contributed by atoms with E-state index in [2.05, 4.69) is 10.0 Å². The Hall–Kier alpha value is -4.16. The lowest BCUT2D eigenvalue weighted by Gasteiger charge is -2.41. The third-order valence-electron chi connectivity index (χ3n) is 8.69. The minimum atomic E-state index is -4.12. The van der Waals surface area contributed by atoms with Gasteiger partial charge in [-0.25, -0.2) is 17.9 Å². The van der Waals surface area contributed by atoms with Crippen LogP contribution in [0.1, 0.15) is 54.0 Å². The zero-order chi connectivity index (χ0) is 31.2. The molecule has 1 fully saturated rings. The number of hydrogen-bond donors (Lipinski definition) is 2. The molecule has 12 heteroatoms. The minimum absolute atomic E-state index is 0.00834. The highest BCUT2D eigenvalue weighted by Crippen LogP contribution is 2.55. The SMILES string of the molecule is COc1cc([C@@H]2c3cc4c(cc3[C@@H](NC(=O)NS(=O)(=O)c3ccc(C(C)C)cc3)[C@H]3COC[C@H]23)OCO4)cc(OC)c1OC. The molecule has 0 saturated carbocycles. The van der Waals surface area contributed by atoms with E-state index in [0.717, 1.165) is 22.3 Å². The van der Waals surface area contributed by atoms with Crippen LogP contribution in [-0.2, 0) is 14.8 Å². The van der Waals surface area contributed by atoms with Gasteiger partial charge in [0.05, 0.1) is 45.5 Å². The molecule has 2 heterocycles. The molecule has 0 spiro atoms. The zero-order valence-corrected chi connectivity index (χ0v) is 26.0. The number of rotatable bonds is 8. The lowest BCUT2D eigenvalue weighted by molar-refractivity contribution is 0.173. The molecule has 3 aromatic rings. The molecule has 3 aromatic carbocycles. The molecule has 0 radical (unpaired) electrons. The first-order valence-electron chi connectivity index (χ1n) is 14.4. The van der Waals surface area contributed by atoms with Crippen molar-refractivity contribution in [2.24, 2.45) is 11.8 Å². The van der Waals surface area contributed by atoms with E-state index in [4.69, 9.17) is 28.4 Å². The van der Waals surface area contributed by atoms with Gasteiger partial charge in [-0.2, -0.15) is 0 Å². The first-order chi connectivity index (χ1) is 21.1. The molecule has 1 saturated heterocycles. The summed E-state index contributed by atoms with van der Waals surface area (Å²) >= 11 is 0. The highest BCUT2D eigenvalue weighted by atomic mass is 32.2. The highest BCUT2D eigenvalue weighted by Gasteiger charge is 2.48. The fourth-order valence-corrected chi connectivity index (χ4v) is 7.44. The Morgan fingerprint density at radius 3 is 2.07 bits per heavy atom. The summed E-state index contributed by atoms with van der Waals surface area (Å²) in [5.41, 5.74) is 3.59. The van der Waals surface area contributed by atoms with Crippen LogP contribution in [0, 0.1) is 11.8 Å². The van der Waals surface area contributed by atoms with Gasteiger partial charge in [0, 0.05) is 17.8 Å². The van der Waals surface area contributed by atoms with Crippen molar-refractivity contribution < 1.29 is 41.6 Å². The number of ether oxygens (including phenoxy) is 6. The van der Waals surface area contributed by atoms with Crippen LogP contribution in [0.5, 0.6) is 28.7 Å². The summed E-state index contributed by atoms with van der Waals surface area (Å²) in [6, 6.07) is 12.8. The average Bonchev–Trinajstić information content (AvgIpc) is 3.69. The van der Waals surface area contributed by atoms with Crippen molar-refractivity contribution in [3.63, 3.8) is 0 Å². The van der Waals surface area contributed by atoms with E-state index in [9.17, 15) is 13.2 Å². The lowest BCUT2D eigenvalue weighted by Crippen LogP contribution is -2.47. The Morgan fingerprint density at radius 2 is 1.48 bits per heavy atom. The quantitative estimate of drug-likeness (QED) is 0.366. The Labute approximate surface area is 256 Å². The third kappa shape index (κ3) is 5.26. The summed E-state index contributed by atoms with van der Waals surface area (Å²) in [5.74, 6) is 2.47. The molecular weight excluding hydrogens is 588 g/mol. The molecule has 0 unspecified atom stereocenters. The normalized spacial score (nSPS) is 21.8. The number of amides is 2. The van der Waals surface area contributed by atoms with Crippen LogP contribution in [0.25, 0.3) is 0 Å². The largest absolute Gasteiger partial charge is 0.493 e. The molecular formula is C32H36N2O9S. The summed E-state index contributed by atoms with van der Waals surface area (Å²) in [4.78, 5) is 13.4. The van der Waals surface area contributed by atoms with Crippen LogP contribution in [0.15, 0.2) is 53.4 Å². The van der Waals surface area contributed by atoms with Crippen LogP contribution in [0.2, 0.25) is 0 Å². The van der Waals surface area contributed by atoms with Crippen molar-refractivity contribution in [1.82, 2.24) is 10.0 Å². The van der Waals surface area contributed by atoms with E-state index in [1.54, 1.807) is 33.5 Å². The molecule has 2 amide bonds. The number of urea groups is 1. The van der Waals surface area contributed by atoms with Gasteiger partial charge in [0.15, 0.2) is 23.0 Å². The van der Waals surface area contributed by atoms with Gasteiger partial charge in [-0.1, -0.05) is 26.0 Å². The fourth-order valence-electron chi connectivity index (χ4n) is 6.52. The van der Waals surface area contributed by atoms with Crippen LogP contribution in [0.4, 0.5) is 4.79 Å². The molecule has 0 aromatic heterocycles. The van der Waals surface area contributed by atoms with E-state index in [0.29, 0.717) is 42.0 Å². The molecule has 234 valence electrons. The Morgan fingerprint density at radius 1 is 0.864 bits per heavy atom. The molecule has 2 N–H and O–H groups in total. The fraction of sp³-hybridized carbons (Fsp3) is 0.406. The maximum absolute atomic E-state index is 13.4. The summed E-state index contributed by atoms with van der Waals surface area (Å²) in [6.07, 6.45) is 0. The Kier molecular flexibility index (Phi) is 7.97. The lowest BCUT2D eigenvalue weighted by atomic mass is 9.65. The molecule has 6 rings (SSSR count). The molecule has 11 nitrogen and oxygen atoms in total. The van der Waals surface area contributed by atoms with Crippen LogP contribution >= 0.6 is 0 Å². The summed E-state index contributed by atoms with van der Waals surface area (Å²) in [5, 5.41) is 2.95.